The summed E-state index contributed by atoms with van der Waals surface area (Å²) in [4.78, 5) is 19.3. The number of hydrogen-bond acceptors (Lipinski definition) is 6. The number of thiophene rings is 1. The van der Waals surface area contributed by atoms with E-state index < -0.39 is 16.1 Å². The van der Waals surface area contributed by atoms with Crippen LogP contribution in [0.25, 0.3) is 0 Å². The normalized spacial score (nSPS) is 15.8. The lowest BCUT2D eigenvalue weighted by molar-refractivity contribution is -0.123. The molecule has 0 spiro atoms. The molecule has 1 amide bonds. The van der Waals surface area contributed by atoms with Crippen LogP contribution in [0.4, 0.5) is 5.82 Å². The highest BCUT2D eigenvalue weighted by molar-refractivity contribution is 7.91. The molecule has 0 saturated carbocycles. The largest absolute Gasteiger partial charge is 0.357 e. The highest BCUT2D eigenvalue weighted by Crippen LogP contribution is 2.19. The van der Waals surface area contributed by atoms with E-state index in [0.717, 1.165) is 35.8 Å². The molecule has 2 aromatic heterocycles. The van der Waals surface area contributed by atoms with Crippen LogP contribution in [0.3, 0.4) is 0 Å². The quantitative estimate of drug-likeness (QED) is 0.681. The fourth-order valence-electron chi connectivity index (χ4n) is 3.12. The van der Waals surface area contributed by atoms with Crippen molar-refractivity contribution in [1.29, 1.82) is 0 Å². The molecular formula is C19H26N4O3S2. The summed E-state index contributed by atoms with van der Waals surface area (Å²) >= 11 is 1.13. The van der Waals surface area contributed by atoms with Gasteiger partial charge in [-0.15, -0.1) is 11.3 Å². The monoisotopic (exact) mass is 422 g/mol. The van der Waals surface area contributed by atoms with Crippen LogP contribution in [0, 0.1) is 5.92 Å². The second kappa shape index (κ2) is 9.02. The summed E-state index contributed by atoms with van der Waals surface area (Å²) in [5, 5.41) is 4.55. The summed E-state index contributed by atoms with van der Waals surface area (Å²) in [6.07, 6.45) is 4.08. The number of nitrogens with zero attached hydrogens (tertiary/aromatic N) is 2. The molecule has 28 heavy (non-hydrogen) atoms. The van der Waals surface area contributed by atoms with Gasteiger partial charge in [0.15, 0.2) is 0 Å². The summed E-state index contributed by atoms with van der Waals surface area (Å²) in [5.41, 5.74) is 0.939. The molecule has 1 atom stereocenters. The molecule has 152 valence electrons. The molecule has 2 N–H and O–H groups in total. The summed E-state index contributed by atoms with van der Waals surface area (Å²) < 4.78 is 27.7. The van der Waals surface area contributed by atoms with Gasteiger partial charge in [0.2, 0.25) is 5.91 Å². The van der Waals surface area contributed by atoms with Gasteiger partial charge in [0.1, 0.15) is 16.1 Å². The molecule has 0 bridgehead atoms. The minimum Gasteiger partial charge on any atom is -0.357 e. The van der Waals surface area contributed by atoms with Gasteiger partial charge < -0.3 is 10.2 Å². The molecule has 7 nitrogen and oxygen atoms in total. The predicted octanol–water partition coefficient (Wildman–Crippen LogP) is 2.36. The number of aromatic nitrogens is 1. The maximum absolute atomic E-state index is 12.7. The zero-order valence-corrected chi connectivity index (χ0v) is 17.7. The van der Waals surface area contributed by atoms with Crippen LogP contribution >= 0.6 is 11.3 Å². The Morgan fingerprint density at radius 3 is 2.68 bits per heavy atom. The van der Waals surface area contributed by atoms with Gasteiger partial charge in [-0.1, -0.05) is 19.9 Å². The van der Waals surface area contributed by atoms with Crippen molar-refractivity contribution in [2.75, 3.05) is 18.0 Å². The van der Waals surface area contributed by atoms with E-state index in [2.05, 4.69) is 19.9 Å². The SMILES string of the molecule is CC(C)C(NS(=O)(=O)c1cccs1)C(=O)NCc1ccnc(N2CCCC2)c1. The van der Waals surface area contributed by atoms with Crippen LogP contribution < -0.4 is 14.9 Å². The van der Waals surface area contributed by atoms with Gasteiger partial charge in [-0.3, -0.25) is 4.79 Å². The third kappa shape index (κ3) is 5.09. The van der Waals surface area contributed by atoms with Crippen molar-refractivity contribution in [1.82, 2.24) is 15.0 Å². The van der Waals surface area contributed by atoms with Crippen molar-refractivity contribution < 1.29 is 13.2 Å². The van der Waals surface area contributed by atoms with Crippen LogP contribution in [0.15, 0.2) is 40.1 Å². The van der Waals surface area contributed by atoms with Gasteiger partial charge in [-0.05, 0) is 47.9 Å². The van der Waals surface area contributed by atoms with Crippen molar-refractivity contribution in [2.24, 2.45) is 5.92 Å². The van der Waals surface area contributed by atoms with Crippen molar-refractivity contribution in [3.05, 3.63) is 41.4 Å². The van der Waals surface area contributed by atoms with E-state index in [0.29, 0.717) is 6.54 Å². The molecule has 1 aliphatic heterocycles. The minimum absolute atomic E-state index is 0.188. The second-order valence-electron chi connectivity index (χ2n) is 7.21. The first kappa shape index (κ1) is 20.8. The molecule has 2 aromatic rings. The second-order valence-corrected chi connectivity index (χ2v) is 10.1. The first-order valence-electron chi connectivity index (χ1n) is 9.40. The van der Waals surface area contributed by atoms with Crippen LogP contribution in [-0.2, 0) is 21.4 Å². The molecule has 0 radical (unpaired) electrons. The van der Waals surface area contributed by atoms with E-state index in [4.69, 9.17) is 0 Å². The Bertz CT molecular complexity index is 892. The number of hydrogen-bond donors (Lipinski definition) is 2. The molecular weight excluding hydrogens is 396 g/mol. The lowest BCUT2D eigenvalue weighted by Gasteiger charge is -2.21. The number of anilines is 1. The highest BCUT2D eigenvalue weighted by atomic mass is 32.2. The predicted molar refractivity (Wildman–Crippen MR) is 111 cm³/mol. The number of sulfonamides is 1. The van der Waals surface area contributed by atoms with E-state index in [1.807, 2.05) is 26.0 Å². The minimum atomic E-state index is -3.72. The molecule has 0 aromatic carbocycles. The molecule has 0 aliphatic carbocycles. The van der Waals surface area contributed by atoms with Gasteiger partial charge >= 0.3 is 0 Å². The average Bonchev–Trinajstić information content (AvgIpc) is 3.38. The number of rotatable bonds is 8. The van der Waals surface area contributed by atoms with Crippen molar-refractivity contribution in [3.8, 4) is 0 Å². The number of carbonyl (C=O) groups excluding carboxylic acids is 1. The molecule has 1 fully saturated rings. The number of nitrogens with one attached hydrogen (secondary N) is 2. The third-order valence-corrected chi connectivity index (χ3v) is 7.54. The van der Waals surface area contributed by atoms with E-state index >= 15 is 0 Å². The Hall–Kier alpha value is -1.97. The molecule has 3 rings (SSSR count). The van der Waals surface area contributed by atoms with Crippen molar-refractivity contribution >= 4 is 33.1 Å². The summed E-state index contributed by atoms with van der Waals surface area (Å²) in [6.45, 7) is 5.97. The summed E-state index contributed by atoms with van der Waals surface area (Å²) in [5.74, 6) is 0.394. The standard InChI is InChI=1S/C19H26N4O3S2/c1-14(2)18(22-28(25,26)17-6-5-11-27-17)19(24)21-13-15-7-8-20-16(12-15)23-9-3-4-10-23/h5-8,11-12,14,18,22H,3-4,9-10,13H2,1-2H3,(H,21,24). The average molecular weight is 423 g/mol. The zero-order valence-electron chi connectivity index (χ0n) is 16.1. The Morgan fingerprint density at radius 1 is 1.29 bits per heavy atom. The fourth-order valence-corrected chi connectivity index (χ4v) is 5.48. The van der Waals surface area contributed by atoms with Gasteiger partial charge in [0.25, 0.3) is 10.0 Å². The number of pyridine rings is 1. The number of amides is 1. The maximum Gasteiger partial charge on any atom is 0.250 e. The molecule has 1 aliphatic rings. The molecule has 3 heterocycles. The zero-order chi connectivity index (χ0) is 20.1. The maximum atomic E-state index is 12.7. The smallest absolute Gasteiger partial charge is 0.250 e. The molecule has 1 unspecified atom stereocenters. The van der Waals surface area contributed by atoms with Gasteiger partial charge in [0.05, 0.1) is 0 Å². The Balaban J connectivity index is 1.64. The van der Waals surface area contributed by atoms with E-state index in [9.17, 15) is 13.2 Å². The van der Waals surface area contributed by atoms with Crippen LogP contribution in [0.2, 0.25) is 0 Å². The van der Waals surface area contributed by atoms with E-state index in [-0.39, 0.29) is 16.0 Å². The van der Waals surface area contributed by atoms with Crippen molar-refractivity contribution in [3.63, 3.8) is 0 Å². The summed E-state index contributed by atoms with van der Waals surface area (Å²) in [6, 6.07) is 6.20. The van der Waals surface area contributed by atoms with Crippen LogP contribution in [0.5, 0.6) is 0 Å². The topological polar surface area (TPSA) is 91.4 Å². The van der Waals surface area contributed by atoms with Crippen LogP contribution in [-0.4, -0.2) is 38.4 Å². The lowest BCUT2D eigenvalue weighted by Crippen LogP contribution is -2.49. The Labute approximate surface area is 170 Å². The van der Waals surface area contributed by atoms with Gasteiger partial charge in [-0.2, -0.15) is 4.72 Å². The fraction of sp³-hybridized carbons (Fsp3) is 0.474. The van der Waals surface area contributed by atoms with E-state index in [1.54, 1.807) is 17.6 Å². The lowest BCUT2D eigenvalue weighted by atomic mass is 10.0. The first-order chi connectivity index (χ1) is 13.4. The Kier molecular flexibility index (Phi) is 6.69. The highest BCUT2D eigenvalue weighted by Gasteiger charge is 2.28. The molecule has 9 heteroatoms. The number of carbonyl (C=O) groups is 1. The first-order valence-corrected chi connectivity index (χ1v) is 11.8. The third-order valence-electron chi connectivity index (χ3n) is 4.70. The van der Waals surface area contributed by atoms with E-state index in [1.165, 1.54) is 18.9 Å². The Morgan fingerprint density at radius 2 is 2.04 bits per heavy atom. The van der Waals surface area contributed by atoms with Gasteiger partial charge in [0, 0.05) is 25.8 Å². The summed E-state index contributed by atoms with van der Waals surface area (Å²) in [7, 11) is -3.72. The van der Waals surface area contributed by atoms with Gasteiger partial charge in [-0.25, -0.2) is 13.4 Å². The van der Waals surface area contributed by atoms with Crippen LogP contribution in [0.1, 0.15) is 32.3 Å². The van der Waals surface area contributed by atoms with Crippen molar-refractivity contribution in [2.45, 2.75) is 43.5 Å². The molecule has 1 saturated heterocycles.